The van der Waals surface area contributed by atoms with Gasteiger partial charge in [0.15, 0.2) is 0 Å². The summed E-state index contributed by atoms with van der Waals surface area (Å²) in [6.45, 7) is 3.67. The van der Waals surface area contributed by atoms with Crippen LogP contribution in [0.15, 0.2) is 0 Å². The Morgan fingerprint density at radius 1 is 1.41 bits per heavy atom. The van der Waals surface area contributed by atoms with Gasteiger partial charge >= 0.3 is 0 Å². The molecular weight excluding hydrogens is 324 g/mol. The first-order chi connectivity index (χ1) is 10.4. The number of aromatic nitrogens is 2. The molecule has 1 aromatic heterocycles. The molecule has 0 unspecified atom stereocenters. The molecule has 0 spiro atoms. The Kier molecular flexibility index (Phi) is 5.87. The molecule has 7 nitrogen and oxygen atoms in total. The van der Waals surface area contributed by atoms with Gasteiger partial charge in [0.2, 0.25) is 10.0 Å². The number of sulfonamides is 1. The second kappa shape index (κ2) is 7.47. The van der Waals surface area contributed by atoms with Crippen LogP contribution in [0, 0.1) is 5.92 Å². The fourth-order valence-corrected chi connectivity index (χ4v) is 4.04. The highest BCUT2D eigenvalue weighted by atomic mass is 32.2. The van der Waals surface area contributed by atoms with E-state index in [2.05, 4.69) is 14.9 Å². The van der Waals surface area contributed by atoms with Crippen molar-refractivity contribution in [2.45, 2.75) is 32.6 Å². The molecule has 0 saturated carbocycles. The van der Waals surface area contributed by atoms with Crippen molar-refractivity contribution in [1.82, 2.24) is 19.2 Å². The lowest BCUT2D eigenvalue weighted by Gasteiger charge is -2.30. The van der Waals surface area contributed by atoms with E-state index in [0.717, 1.165) is 42.9 Å². The van der Waals surface area contributed by atoms with Crippen molar-refractivity contribution >= 4 is 27.5 Å². The molecule has 0 atom stereocenters. The van der Waals surface area contributed by atoms with Gasteiger partial charge in [0, 0.05) is 19.6 Å². The Hall–Kier alpha value is -1.06. The van der Waals surface area contributed by atoms with Crippen LogP contribution in [0.25, 0.3) is 0 Å². The molecular formula is C13H22N4O3S2. The summed E-state index contributed by atoms with van der Waals surface area (Å²) in [4.78, 5) is 12.8. The zero-order valence-corrected chi connectivity index (χ0v) is 14.5. The van der Waals surface area contributed by atoms with Gasteiger partial charge in [-0.1, -0.05) is 17.8 Å². The van der Waals surface area contributed by atoms with Crippen LogP contribution in [-0.4, -0.2) is 54.1 Å². The maximum absolute atomic E-state index is 12.2. The quantitative estimate of drug-likeness (QED) is 0.826. The number of hydrogen-bond donors (Lipinski definition) is 1. The largest absolute Gasteiger partial charge is 0.351 e. The molecule has 2 heterocycles. The summed E-state index contributed by atoms with van der Waals surface area (Å²) >= 11 is 1.13. The third-order valence-corrected chi connectivity index (χ3v) is 5.91. The topological polar surface area (TPSA) is 92.3 Å². The standard InChI is InChI=1S/C13H22N4O3S2/c1-3-4-11-12(21-16-15-11)13(18)14-9-10-5-7-17(8-6-10)22(2,19)20/h10H,3-9H2,1-2H3,(H,14,18). The molecule has 1 aromatic rings. The fraction of sp³-hybridized carbons (Fsp3) is 0.769. The normalized spacial score (nSPS) is 17.5. The van der Waals surface area contributed by atoms with Gasteiger partial charge < -0.3 is 5.32 Å². The molecule has 0 aromatic carbocycles. The first kappa shape index (κ1) is 17.3. The molecule has 1 aliphatic heterocycles. The average molecular weight is 346 g/mol. The molecule has 2 rings (SSSR count). The molecule has 124 valence electrons. The second-order valence-electron chi connectivity index (χ2n) is 5.61. The summed E-state index contributed by atoms with van der Waals surface area (Å²) in [5.74, 6) is 0.196. The molecule has 1 fully saturated rings. The lowest BCUT2D eigenvalue weighted by Crippen LogP contribution is -2.41. The van der Waals surface area contributed by atoms with Crippen molar-refractivity contribution in [2.24, 2.45) is 5.92 Å². The van der Waals surface area contributed by atoms with Gasteiger partial charge in [-0.15, -0.1) is 5.10 Å². The summed E-state index contributed by atoms with van der Waals surface area (Å²) in [6.07, 6.45) is 4.47. The van der Waals surface area contributed by atoms with Crippen LogP contribution < -0.4 is 5.32 Å². The maximum atomic E-state index is 12.2. The summed E-state index contributed by atoms with van der Waals surface area (Å²) in [5, 5.41) is 6.92. The van der Waals surface area contributed by atoms with Crippen molar-refractivity contribution in [3.63, 3.8) is 0 Å². The molecule has 0 radical (unpaired) electrons. The number of carbonyl (C=O) groups is 1. The summed E-state index contributed by atoms with van der Waals surface area (Å²) < 4.78 is 28.3. The van der Waals surface area contributed by atoms with Gasteiger partial charge in [0.05, 0.1) is 11.9 Å². The number of nitrogens with zero attached hydrogens (tertiary/aromatic N) is 3. The molecule has 22 heavy (non-hydrogen) atoms. The van der Waals surface area contributed by atoms with Gasteiger partial charge in [-0.05, 0) is 36.7 Å². The van der Waals surface area contributed by atoms with Gasteiger partial charge in [-0.2, -0.15) is 0 Å². The van der Waals surface area contributed by atoms with Crippen LogP contribution >= 0.6 is 11.5 Å². The lowest BCUT2D eigenvalue weighted by molar-refractivity contribution is 0.0944. The van der Waals surface area contributed by atoms with E-state index in [4.69, 9.17) is 0 Å². The Balaban J connectivity index is 1.81. The minimum Gasteiger partial charge on any atom is -0.351 e. The molecule has 0 aliphatic carbocycles. The summed E-state index contributed by atoms with van der Waals surface area (Å²) in [7, 11) is -3.10. The number of rotatable bonds is 6. The summed E-state index contributed by atoms with van der Waals surface area (Å²) in [5.41, 5.74) is 0.761. The highest BCUT2D eigenvalue weighted by Crippen LogP contribution is 2.19. The van der Waals surface area contributed by atoms with Crippen molar-refractivity contribution < 1.29 is 13.2 Å². The van der Waals surface area contributed by atoms with E-state index in [1.54, 1.807) is 0 Å². The zero-order chi connectivity index (χ0) is 16.2. The number of amides is 1. The first-order valence-electron chi connectivity index (χ1n) is 7.46. The number of carbonyl (C=O) groups excluding carboxylic acids is 1. The molecule has 1 saturated heterocycles. The smallest absolute Gasteiger partial charge is 0.264 e. The van der Waals surface area contributed by atoms with Crippen LogP contribution in [0.1, 0.15) is 41.6 Å². The van der Waals surface area contributed by atoms with Crippen LogP contribution in [-0.2, 0) is 16.4 Å². The van der Waals surface area contributed by atoms with E-state index in [1.807, 2.05) is 6.92 Å². The molecule has 0 bridgehead atoms. The number of piperidine rings is 1. The molecule has 1 aliphatic rings. The summed E-state index contributed by atoms with van der Waals surface area (Å²) in [6, 6.07) is 0. The molecule has 1 N–H and O–H groups in total. The lowest BCUT2D eigenvalue weighted by atomic mass is 9.98. The van der Waals surface area contributed by atoms with Gasteiger partial charge in [0.25, 0.3) is 5.91 Å². The van der Waals surface area contributed by atoms with E-state index in [9.17, 15) is 13.2 Å². The predicted octanol–water partition coefficient (Wildman–Crippen LogP) is 0.892. The van der Waals surface area contributed by atoms with Crippen molar-refractivity contribution in [1.29, 1.82) is 0 Å². The van der Waals surface area contributed by atoms with Crippen LogP contribution in [0.2, 0.25) is 0 Å². The first-order valence-corrected chi connectivity index (χ1v) is 10.1. The monoisotopic (exact) mass is 346 g/mol. The predicted molar refractivity (Wildman–Crippen MR) is 85.4 cm³/mol. The second-order valence-corrected chi connectivity index (χ2v) is 8.35. The molecule has 9 heteroatoms. The number of nitrogens with one attached hydrogen (secondary N) is 1. The van der Waals surface area contributed by atoms with Gasteiger partial charge in [-0.25, -0.2) is 12.7 Å². The van der Waals surface area contributed by atoms with Crippen LogP contribution in [0.3, 0.4) is 0 Å². The number of hydrogen-bond acceptors (Lipinski definition) is 6. The minimum absolute atomic E-state index is 0.121. The highest BCUT2D eigenvalue weighted by Gasteiger charge is 2.25. The van der Waals surface area contributed by atoms with Crippen LogP contribution in [0.5, 0.6) is 0 Å². The Labute approximate surface area is 135 Å². The van der Waals surface area contributed by atoms with E-state index in [-0.39, 0.29) is 5.91 Å². The maximum Gasteiger partial charge on any atom is 0.264 e. The Morgan fingerprint density at radius 2 is 2.09 bits per heavy atom. The Bertz CT molecular complexity index is 607. The van der Waals surface area contributed by atoms with E-state index in [0.29, 0.717) is 30.4 Å². The number of aryl methyl sites for hydroxylation is 1. The zero-order valence-electron chi connectivity index (χ0n) is 12.9. The van der Waals surface area contributed by atoms with E-state index in [1.165, 1.54) is 10.6 Å². The van der Waals surface area contributed by atoms with Crippen molar-refractivity contribution in [3.05, 3.63) is 10.6 Å². The van der Waals surface area contributed by atoms with Crippen molar-refractivity contribution in [2.75, 3.05) is 25.9 Å². The third kappa shape index (κ3) is 4.47. The minimum atomic E-state index is -3.10. The SMILES string of the molecule is CCCc1nnsc1C(=O)NCC1CCN(S(C)(=O)=O)CC1. The van der Waals surface area contributed by atoms with Gasteiger partial charge in [-0.3, -0.25) is 4.79 Å². The van der Waals surface area contributed by atoms with E-state index < -0.39 is 10.0 Å². The highest BCUT2D eigenvalue weighted by molar-refractivity contribution is 7.88. The molecule has 1 amide bonds. The fourth-order valence-electron chi connectivity index (χ4n) is 2.54. The van der Waals surface area contributed by atoms with Crippen molar-refractivity contribution in [3.8, 4) is 0 Å². The Morgan fingerprint density at radius 3 is 2.68 bits per heavy atom. The van der Waals surface area contributed by atoms with Crippen LogP contribution in [0.4, 0.5) is 0 Å². The van der Waals surface area contributed by atoms with Gasteiger partial charge in [0.1, 0.15) is 4.88 Å². The van der Waals surface area contributed by atoms with E-state index >= 15 is 0 Å². The average Bonchev–Trinajstić information content (AvgIpc) is 2.93. The third-order valence-electron chi connectivity index (χ3n) is 3.84.